The number of nitrogens with zero attached hydrogens (tertiary/aromatic N) is 1. The lowest BCUT2D eigenvalue weighted by Gasteiger charge is -2.20. The molecule has 3 rings (SSSR count). The second-order valence-corrected chi connectivity index (χ2v) is 6.07. The molecule has 0 bridgehead atoms. The van der Waals surface area contributed by atoms with Crippen molar-refractivity contribution in [2.24, 2.45) is 0 Å². The summed E-state index contributed by atoms with van der Waals surface area (Å²) in [6.45, 7) is 2.36. The van der Waals surface area contributed by atoms with Gasteiger partial charge in [-0.25, -0.2) is 0 Å². The molecule has 0 aromatic heterocycles. The Kier molecular flexibility index (Phi) is 5.53. The summed E-state index contributed by atoms with van der Waals surface area (Å²) in [5, 5.41) is 14.2. The van der Waals surface area contributed by atoms with E-state index < -0.39 is 16.9 Å². The number of amides is 1. The largest absolute Gasteiger partial charge is 0.497 e. The van der Waals surface area contributed by atoms with Crippen LogP contribution >= 0.6 is 0 Å². The quantitative estimate of drug-likeness (QED) is 0.598. The molecule has 0 spiro atoms. The zero-order valence-electron chi connectivity index (χ0n) is 15.7. The van der Waals surface area contributed by atoms with Gasteiger partial charge in [-0.05, 0) is 19.1 Å². The smallest absolute Gasteiger partial charge is 0.286 e. The minimum absolute atomic E-state index is 0.103. The molecule has 0 fully saturated rings. The summed E-state index contributed by atoms with van der Waals surface area (Å²) in [6, 6.07) is 7.28. The highest BCUT2D eigenvalue weighted by Gasteiger charge is 2.27. The number of methoxy groups -OCH3 is 2. The topological polar surface area (TPSA) is 109 Å². The Bertz CT molecular complexity index is 913. The van der Waals surface area contributed by atoms with Gasteiger partial charge in [0.1, 0.15) is 30.3 Å². The van der Waals surface area contributed by atoms with Crippen molar-refractivity contribution in [1.82, 2.24) is 5.32 Å². The Hall–Kier alpha value is -3.49. The highest BCUT2D eigenvalue weighted by molar-refractivity contribution is 5.99. The van der Waals surface area contributed by atoms with Crippen molar-refractivity contribution >= 4 is 11.6 Å². The van der Waals surface area contributed by atoms with Crippen LogP contribution in [0.15, 0.2) is 30.3 Å². The Morgan fingerprint density at radius 3 is 2.43 bits per heavy atom. The SMILES string of the molecule is COc1ccc(C(C)NC(=O)c2cc3c(cc2[N+](=O)[O-])OCCO3)c(OC)c1. The van der Waals surface area contributed by atoms with Crippen molar-refractivity contribution < 1.29 is 28.7 Å². The Morgan fingerprint density at radius 2 is 1.82 bits per heavy atom. The lowest BCUT2D eigenvalue weighted by Crippen LogP contribution is -2.28. The molecule has 0 aliphatic carbocycles. The number of benzene rings is 2. The summed E-state index contributed by atoms with van der Waals surface area (Å²) < 4.78 is 21.3. The van der Waals surface area contributed by atoms with Crippen molar-refractivity contribution in [2.45, 2.75) is 13.0 Å². The van der Waals surface area contributed by atoms with Gasteiger partial charge in [-0.3, -0.25) is 14.9 Å². The van der Waals surface area contributed by atoms with Gasteiger partial charge in [0.05, 0.1) is 31.3 Å². The third kappa shape index (κ3) is 3.78. The summed E-state index contributed by atoms with van der Waals surface area (Å²) in [7, 11) is 3.05. The highest BCUT2D eigenvalue weighted by atomic mass is 16.6. The number of rotatable bonds is 6. The van der Waals surface area contributed by atoms with Crippen LogP contribution in [0.2, 0.25) is 0 Å². The average Bonchev–Trinajstić information content (AvgIpc) is 2.71. The summed E-state index contributed by atoms with van der Waals surface area (Å²) in [5.41, 5.74) is 0.251. The van der Waals surface area contributed by atoms with Gasteiger partial charge in [0.2, 0.25) is 0 Å². The van der Waals surface area contributed by atoms with E-state index in [2.05, 4.69) is 5.32 Å². The lowest BCUT2D eigenvalue weighted by molar-refractivity contribution is -0.385. The fourth-order valence-electron chi connectivity index (χ4n) is 2.94. The van der Waals surface area contributed by atoms with Gasteiger partial charge in [-0.1, -0.05) is 0 Å². The molecule has 1 aliphatic heterocycles. The maximum absolute atomic E-state index is 12.8. The maximum Gasteiger partial charge on any atom is 0.286 e. The molecule has 2 aromatic carbocycles. The predicted molar refractivity (Wildman–Crippen MR) is 99.5 cm³/mol. The first kappa shape index (κ1) is 19.3. The molecule has 28 heavy (non-hydrogen) atoms. The van der Waals surface area contributed by atoms with Crippen molar-refractivity contribution in [2.75, 3.05) is 27.4 Å². The summed E-state index contributed by atoms with van der Waals surface area (Å²) in [5.74, 6) is 1.09. The zero-order chi connectivity index (χ0) is 20.3. The second-order valence-electron chi connectivity index (χ2n) is 6.07. The van der Waals surface area contributed by atoms with Gasteiger partial charge >= 0.3 is 0 Å². The Balaban J connectivity index is 1.89. The maximum atomic E-state index is 12.8. The number of nitro groups is 1. The van der Waals surface area contributed by atoms with Gasteiger partial charge < -0.3 is 24.3 Å². The molecular formula is C19H20N2O7. The molecule has 9 heteroatoms. The number of carbonyl (C=O) groups excluding carboxylic acids is 1. The molecule has 1 heterocycles. The van der Waals surface area contributed by atoms with Crippen molar-refractivity contribution in [1.29, 1.82) is 0 Å². The van der Waals surface area contributed by atoms with Crippen LogP contribution < -0.4 is 24.3 Å². The lowest BCUT2D eigenvalue weighted by atomic mass is 10.1. The first-order valence-corrected chi connectivity index (χ1v) is 8.55. The fourth-order valence-corrected chi connectivity index (χ4v) is 2.94. The van der Waals surface area contributed by atoms with Crippen LogP contribution in [0.3, 0.4) is 0 Å². The van der Waals surface area contributed by atoms with Crippen LogP contribution in [0.5, 0.6) is 23.0 Å². The van der Waals surface area contributed by atoms with E-state index in [1.165, 1.54) is 19.2 Å². The Labute approximate surface area is 161 Å². The minimum atomic E-state index is -0.619. The van der Waals surface area contributed by atoms with E-state index >= 15 is 0 Å². The van der Waals surface area contributed by atoms with E-state index in [-0.39, 0.29) is 17.0 Å². The van der Waals surface area contributed by atoms with Crippen molar-refractivity contribution in [3.05, 3.63) is 51.6 Å². The average molecular weight is 388 g/mol. The predicted octanol–water partition coefficient (Wildman–Crippen LogP) is 2.87. The fraction of sp³-hybridized carbons (Fsp3) is 0.316. The first-order valence-electron chi connectivity index (χ1n) is 8.55. The molecule has 9 nitrogen and oxygen atoms in total. The van der Waals surface area contributed by atoms with E-state index in [4.69, 9.17) is 18.9 Å². The second kappa shape index (κ2) is 8.03. The minimum Gasteiger partial charge on any atom is -0.497 e. The van der Waals surface area contributed by atoms with Crippen LogP contribution in [-0.2, 0) is 0 Å². The van der Waals surface area contributed by atoms with Crippen LogP contribution in [0.4, 0.5) is 5.69 Å². The molecular weight excluding hydrogens is 368 g/mol. The number of nitro benzene ring substituents is 1. The highest BCUT2D eigenvalue weighted by Crippen LogP contribution is 2.37. The molecule has 2 aromatic rings. The summed E-state index contributed by atoms with van der Waals surface area (Å²) >= 11 is 0. The van der Waals surface area contributed by atoms with E-state index in [0.29, 0.717) is 36.0 Å². The molecule has 148 valence electrons. The molecule has 1 N–H and O–H groups in total. The number of nitrogens with one attached hydrogen (secondary N) is 1. The van der Waals surface area contributed by atoms with E-state index in [0.717, 1.165) is 0 Å². The molecule has 1 aliphatic rings. The normalized spacial score (nSPS) is 13.4. The number of ether oxygens (including phenoxy) is 4. The van der Waals surface area contributed by atoms with E-state index in [9.17, 15) is 14.9 Å². The molecule has 1 amide bonds. The third-order valence-corrected chi connectivity index (χ3v) is 4.36. The van der Waals surface area contributed by atoms with Crippen LogP contribution in [0.1, 0.15) is 28.9 Å². The molecule has 0 saturated heterocycles. The van der Waals surface area contributed by atoms with Crippen molar-refractivity contribution in [3.63, 3.8) is 0 Å². The van der Waals surface area contributed by atoms with E-state index in [1.807, 2.05) is 0 Å². The van der Waals surface area contributed by atoms with Crippen molar-refractivity contribution in [3.8, 4) is 23.0 Å². The zero-order valence-corrected chi connectivity index (χ0v) is 15.7. The van der Waals surface area contributed by atoms with Gasteiger partial charge in [0.15, 0.2) is 11.5 Å². The molecule has 0 radical (unpaired) electrons. The number of hydrogen-bond acceptors (Lipinski definition) is 7. The van der Waals surface area contributed by atoms with E-state index in [1.54, 1.807) is 32.2 Å². The number of carbonyl (C=O) groups is 1. The number of fused-ring (bicyclic) bond motifs is 1. The van der Waals surface area contributed by atoms with Crippen LogP contribution in [0, 0.1) is 10.1 Å². The summed E-state index contributed by atoms with van der Waals surface area (Å²) in [6.07, 6.45) is 0. The summed E-state index contributed by atoms with van der Waals surface area (Å²) in [4.78, 5) is 23.6. The van der Waals surface area contributed by atoms with Crippen LogP contribution in [0.25, 0.3) is 0 Å². The van der Waals surface area contributed by atoms with Gasteiger partial charge in [0, 0.05) is 17.7 Å². The third-order valence-electron chi connectivity index (χ3n) is 4.36. The van der Waals surface area contributed by atoms with Gasteiger partial charge in [-0.2, -0.15) is 0 Å². The number of hydrogen-bond donors (Lipinski definition) is 1. The van der Waals surface area contributed by atoms with Crippen LogP contribution in [-0.4, -0.2) is 38.3 Å². The molecule has 1 atom stereocenters. The monoisotopic (exact) mass is 388 g/mol. The standard InChI is InChI=1S/C19H20N2O7/c1-11(13-5-4-12(25-2)8-16(13)26-3)20-19(22)14-9-17-18(28-7-6-27-17)10-15(14)21(23)24/h4-5,8-11H,6-7H2,1-3H3,(H,20,22). The molecule has 1 unspecified atom stereocenters. The van der Waals surface area contributed by atoms with Gasteiger partial charge in [-0.15, -0.1) is 0 Å². The Morgan fingerprint density at radius 1 is 1.14 bits per heavy atom. The molecule has 0 saturated carbocycles. The van der Waals surface area contributed by atoms with Gasteiger partial charge in [0.25, 0.3) is 11.6 Å². The first-order chi connectivity index (χ1) is 13.4.